The van der Waals surface area contributed by atoms with Crippen LogP contribution in [0.4, 0.5) is 0 Å². The summed E-state index contributed by atoms with van der Waals surface area (Å²) < 4.78 is 5.14. The number of piperazine rings is 1. The third-order valence-electron chi connectivity index (χ3n) is 2.94. The number of hydrogen-bond donors (Lipinski definition) is 2. The van der Waals surface area contributed by atoms with Crippen LogP contribution in [-0.2, 0) is 11.2 Å². The topological polar surface area (TPSA) is 80.0 Å². The SMILES string of the molecule is O=C1NCCNC1Cc1nc(C2CC2)no1. The molecule has 6 nitrogen and oxygen atoms in total. The van der Waals surface area contributed by atoms with Crippen LogP contribution < -0.4 is 10.6 Å². The number of carbonyl (C=O) groups excluding carboxylic acids is 1. The van der Waals surface area contributed by atoms with Crippen molar-refractivity contribution in [3.8, 4) is 0 Å². The van der Waals surface area contributed by atoms with E-state index in [1.165, 1.54) is 0 Å². The third kappa shape index (κ3) is 1.92. The lowest BCUT2D eigenvalue weighted by Gasteiger charge is -2.21. The number of aromatic nitrogens is 2. The molecule has 2 aliphatic rings. The van der Waals surface area contributed by atoms with Crippen LogP contribution in [0.25, 0.3) is 0 Å². The van der Waals surface area contributed by atoms with E-state index in [2.05, 4.69) is 20.8 Å². The molecular weight excluding hydrogens is 208 g/mol. The molecule has 16 heavy (non-hydrogen) atoms. The van der Waals surface area contributed by atoms with Crippen molar-refractivity contribution in [1.29, 1.82) is 0 Å². The minimum absolute atomic E-state index is 0.0115. The highest BCUT2D eigenvalue weighted by molar-refractivity contribution is 5.82. The van der Waals surface area contributed by atoms with Crippen LogP contribution in [-0.4, -0.2) is 35.2 Å². The average Bonchev–Trinajstić information content (AvgIpc) is 3.03. The van der Waals surface area contributed by atoms with Crippen molar-refractivity contribution in [1.82, 2.24) is 20.8 Å². The minimum Gasteiger partial charge on any atom is -0.353 e. The van der Waals surface area contributed by atoms with Gasteiger partial charge in [-0.2, -0.15) is 4.98 Å². The fourth-order valence-corrected chi connectivity index (χ4v) is 1.85. The summed E-state index contributed by atoms with van der Waals surface area (Å²) in [7, 11) is 0. The molecule has 3 rings (SSSR count). The normalized spacial score (nSPS) is 25.5. The molecule has 2 heterocycles. The van der Waals surface area contributed by atoms with Crippen molar-refractivity contribution in [2.24, 2.45) is 0 Å². The molecule has 1 aromatic heterocycles. The first-order chi connectivity index (χ1) is 7.83. The van der Waals surface area contributed by atoms with E-state index < -0.39 is 0 Å². The Labute approximate surface area is 92.8 Å². The van der Waals surface area contributed by atoms with Gasteiger partial charge in [-0.25, -0.2) is 0 Å². The summed E-state index contributed by atoms with van der Waals surface area (Å²) in [5.74, 6) is 1.85. The van der Waals surface area contributed by atoms with Crippen molar-refractivity contribution in [3.05, 3.63) is 11.7 Å². The summed E-state index contributed by atoms with van der Waals surface area (Å²) >= 11 is 0. The Morgan fingerprint density at radius 2 is 2.25 bits per heavy atom. The summed E-state index contributed by atoms with van der Waals surface area (Å²) in [5, 5.41) is 9.86. The molecule has 86 valence electrons. The first-order valence-electron chi connectivity index (χ1n) is 5.66. The highest BCUT2D eigenvalue weighted by Gasteiger charge is 2.30. The lowest BCUT2D eigenvalue weighted by atomic mass is 10.1. The van der Waals surface area contributed by atoms with Crippen LogP contribution in [0.5, 0.6) is 0 Å². The van der Waals surface area contributed by atoms with E-state index in [0.29, 0.717) is 24.8 Å². The number of nitrogens with zero attached hydrogens (tertiary/aromatic N) is 2. The van der Waals surface area contributed by atoms with Crippen LogP contribution >= 0.6 is 0 Å². The molecule has 0 spiro atoms. The molecule has 1 saturated heterocycles. The first kappa shape index (κ1) is 9.77. The smallest absolute Gasteiger partial charge is 0.237 e. The molecule has 1 aliphatic heterocycles. The van der Waals surface area contributed by atoms with E-state index in [1.807, 2.05) is 0 Å². The Bertz CT molecular complexity index is 399. The van der Waals surface area contributed by atoms with E-state index in [-0.39, 0.29) is 11.9 Å². The Balaban J connectivity index is 1.65. The molecular formula is C10H14N4O2. The molecule has 1 amide bonds. The van der Waals surface area contributed by atoms with Crippen molar-refractivity contribution in [3.63, 3.8) is 0 Å². The molecule has 0 bridgehead atoms. The fourth-order valence-electron chi connectivity index (χ4n) is 1.85. The van der Waals surface area contributed by atoms with E-state index in [0.717, 1.165) is 25.2 Å². The van der Waals surface area contributed by atoms with Crippen molar-refractivity contribution < 1.29 is 9.32 Å². The fraction of sp³-hybridized carbons (Fsp3) is 0.700. The summed E-state index contributed by atoms with van der Waals surface area (Å²) in [6.45, 7) is 1.48. The van der Waals surface area contributed by atoms with Gasteiger partial charge in [-0.05, 0) is 12.8 Å². The summed E-state index contributed by atoms with van der Waals surface area (Å²) in [6.07, 6.45) is 2.79. The largest absolute Gasteiger partial charge is 0.353 e. The van der Waals surface area contributed by atoms with E-state index in [1.54, 1.807) is 0 Å². The number of rotatable bonds is 3. The van der Waals surface area contributed by atoms with Gasteiger partial charge in [-0.1, -0.05) is 5.16 Å². The minimum atomic E-state index is -0.235. The van der Waals surface area contributed by atoms with Crippen molar-refractivity contribution in [2.75, 3.05) is 13.1 Å². The third-order valence-corrected chi connectivity index (χ3v) is 2.94. The molecule has 2 N–H and O–H groups in total. The standard InChI is InChI=1S/C10H14N4O2/c15-10-7(11-3-4-12-10)5-8-13-9(14-16-8)6-1-2-6/h6-7,11H,1-5H2,(H,12,15). The second-order valence-corrected chi connectivity index (χ2v) is 4.32. The summed E-state index contributed by atoms with van der Waals surface area (Å²) in [4.78, 5) is 15.8. The van der Waals surface area contributed by atoms with Gasteiger partial charge in [0, 0.05) is 19.0 Å². The maximum absolute atomic E-state index is 11.5. The molecule has 1 saturated carbocycles. The molecule has 1 aliphatic carbocycles. The quantitative estimate of drug-likeness (QED) is 0.726. The Hall–Kier alpha value is -1.43. The lowest BCUT2D eigenvalue weighted by Crippen LogP contribution is -2.53. The molecule has 2 fully saturated rings. The zero-order valence-corrected chi connectivity index (χ0v) is 8.90. The molecule has 1 unspecified atom stereocenters. The van der Waals surface area contributed by atoms with E-state index in [9.17, 15) is 4.79 Å². The number of hydrogen-bond acceptors (Lipinski definition) is 5. The molecule has 1 atom stereocenters. The van der Waals surface area contributed by atoms with Gasteiger partial charge >= 0.3 is 0 Å². The first-order valence-corrected chi connectivity index (χ1v) is 5.66. The van der Waals surface area contributed by atoms with Crippen molar-refractivity contribution in [2.45, 2.75) is 31.2 Å². The average molecular weight is 222 g/mol. The van der Waals surface area contributed by atoms with Crippen LogP contribution in [0.3, 0.4) is 0 Å². The van der Waals surface area contributed by atoms with E-state index >= 15 is 0 Å². The van der Waals surface area contributed by atoms with Crippen LogP contribution in [0, 0.1) is 0 Å². The molecule has 1 aromatic rings. The van der Waals surface area contributed by atoms with Crippen LogP contribution in [0.2, 0.25) is 0 Å². The van der Waals surface area contributed by atoms with Gasteiger partial charge in [-0.3, -0.25) is 4.79 Å². The number of nitrogens with one attached hydrogen (secondary N) is 2. The van der Waals surface area contributed by atoms with Crippen LogP contribution in [0.15, 0.2) is 4.52 Å². The summed E-state index contributed by atoms with van der Waals surface area (Å²) in [5.41, 5.74) is 0. The zero-order valence-electron chi connectivity index (χ0n) is 8.90. The number of amides is 1. The van der Waals surface area contributed by atoms with Crippen molar-refractivity contribution >= 4 is 5.91 Å². The molecule has 0 radical (unpaired) electrons. The second-order valence-electron chi connectivity index (χ2n) is 4.32. The van der Waals surface area contributed by atoms with Gasteiger partial charge in [0.2, 0.25) is 11.8 Å². The van der Waals surface area contributed by atoms with Gasteiger partial charge in [0.25, 0.3) is 0 Å². The number of carbonyl (C=O) groups is 1. The Morgan fingerprint density at radius 3 is 3.00 bits per heavy atom. The second kappa shape index (κ2) is 3.86. The molecule has 6 heteroatoms. The van der Waals surface area contributed by atoms with Gasteiger partial charge < -0.3 is 15.2 Å². The van der Waals surface area contributed by atoms with Crippen LogP contribution in [0.1, 0.15) is 30.5 Å². The summed E-state index contributed by atoms with van der Waals surface area (Å²) in [6, 6.07) is -0.235. The Morgan fingerprint density at radius 1 is 1.38 bits per heavy atom. The highest BCUT2D eigenvalue weighted by Crippen LogP contribution is 2.38. The van der Waals surface area contributed by atoms with Gasteiger partial charge in [-0.15, -0.1) is 0 Å². The van der Waals surface area contributed by atoms with Gasteiger partial charge in [0.15, 0.2) is 5.82 Å². The predicted molar refractivity (Wildman–Crippen MR) is 54.8 cm³/mol. The van der Waals surface area contributed by atoms with Gasteiger partial charge in [0.1, 0.15) is 0 Å². The Kier molecular flexibility index (Phi) is 2.36. The maximum Gasteiger partial charge on any atom is 0.237 e. The maximum atomic E-state index is 11.5. The zero-order chi connectivity index (χ0) is 11.0. The predicted octanol–water partition coefficient (Wildman–Crippen LogP) is -0.423. The monoisotopic (exact) mass is 222 g/mol. The highest BCUT2D eigenvalue weighted by atomic mass is 16.5. The van der Waals surface area contributed by atoms with E-state index in [4.69, 9.17) is 4.52 Å². The van der Waals surface area contributed by atoms with Gasteiger partial charge in [0.05, 0.1) is 12.5 Å². The lowest BCUT2D eigenvalue weighted by molar-refractivity contribution is -0.124. The molecule has 0 aromatic carbocycles.